The van der Waals surface area contributed by atoms with E-state index in [-0.39, 0.29) is 17.6 Å². The maximum absolute atomic E-state index is 13.2. The average molecular weight is 381 g/mol. The van der Waals surface area contributed by atoms with Crippen LogP contribution >= 0.6 is 11.6 Å². The molecule has 3 heterocycles. The van der Waals surface area contributed by atoms with Crippen molar-refractivity contribution in [2.24, 2.45) is 0 Å². The second-order valence-electron chi connectivity index (χ2n) is 6.87. The number of pyridine rings is 1. The van der Waals surface area contributed by atoms with Gasteiger partial charge in [0.25, 0.3) is 5.56 Å². The Balaban J connectivity index is 1.64. The van der Waals surface area contributed by atoms with Crippen LogP contribution in [0.5, 0.6) is 0 Å². The summed E-state index contributed by atoms with van der Waals surface area (Å²) >= 11 is 6.32. The molecule has 4 aromatic rings. The lowest BCUT2D eigenvalue weighted by Gasteiger charge is -2.21. The van der Waals surface area contributed by atoms with Gasteiger partial charge in [0.15, 0.2) is 11.5 Å². The molecule has 1 aliphatic rings. The number of nitrogens with one attached hydrogen (secondary N) is 2. The van der Waals surface area contributed by atoms with Crippen LogP contribution in [-0.4, -0.2) is 24.5 Å². The third-order valence-corrected chi connectivity index (χ3v) is 5.30. The van der Waals surface area contributed by atoms with Gasteiger partial charge in [0, 0.05) is 11.7 Å². The lowest BCUT2D eigenvalue weighted by Crippen LogP contribution is -2.26. The van der Waals surface area contributed by atoms with Gasteiger partial charge in [0.1, 0.15) is 11.8 Å². The summed E-state index contributed by atoms with van der Waals surface area (Å²) < 4.78 is 1.88. The van der Waals surface area contributed by atoms with E-state index < -0.39 is 0 Å². The van der Waals surface area contributed by atoms with Crippen LogP contribution in [-0.2, 0) is 0 Å². The molecule has 1 atom stereocenters. The molecule has 5 rings (SSSR count). The molecule has 136 valence electrons. The van der Waals surface area contributed by atoms with Crippen LogP contribution in [0.1, 0.15) is 37.5 Å². The van der Waals surface area contributed by atoms with Gasteiger partial charge in [0.05, 0.1) is 22.8 Å². The summed E-state index contributed by atoms with van der Waals surface area (Å²) in [5.74, 6) is 0.634. The van der Waals surface area contributed by atoms with E-state index in [0.717, 1.165) is 23.9 Å². The largest absolute Gasteiger partial charge is 0.360 e. The van der Waals surface area contributed by atoms with Crippen molar-refractivity contribution < 1.29 is 0 Å². The van der Waals surface area contributed by atoms with Crippen LogP contribution in [0.3, 0.4) is 0 Å². The highest BCUT2D eigenvalue weighted by Crippen LogP contribution is 2.37. The van der Waals surface area contributed by atoms with Crippen LogP contribution in [0.4, 0.5) is 5.82 Å². The fraction of sp³-hybridized carbons (Fsp3) is 0.263. The number of hydrogen-bond acceptors (Lipinski definition) is 5. The maximum atomic E-state index is 13.2. The molecule has 8 heteroatoms. The Hall–Kier alpha value is -2.93. The van der Waals surface area contributed by atoms with E-state index in [2.05, 4.69) is 25.3 Å². The zero-order valence-corrected chi connectivity index (χ0v) is 15.4. The molecule has 1 saturated carbocycles. The lowest BCUT2D eigenvalue weighted by atomic mass is 10.1. The molecular weight excluding hydrogens is 364 g/mol. The van der Waals surface area contributed by atoms with E-state index in [0.29, 0.717) is 27.4 Å². The van der Waals surface area contributed by atoms with Crippen molar-refractivity contribution >= 4 is 39.4 Å². The molecule has 0 saturated heterocycles. The zero-order valence-electron chi connectivity index (χ0n) is 14.6. The number of imidazole rings is 1. The number of halogens is 1. The highest BCUT2D eigenvalue weighted by molar-refractivity contribution is 6.35. The van der Waals surface area contributed by atoms with Gasteiger partial charge in [0.2, 0.25) is 0 Å². The molecule has 0 amide bonds. The standard InChI is InChI=1S/C19H17ClN6O/c1-10(25-18-16-17(22-8-21-16)23-9-24-18)14-7-11-3-2-4-13(20)15(11)19(27)26(14)12-5-6-12/h2-4,7-10,12H,5-6H2,1H3,(H2,21,22,23,24,25)/t10-/m0/s1. The molecular formula is C19H17ClN6O. The SMILES string of the molecule is C[C@H](Nc1ncnc2[nH]cnc12)c1cc2cccc(Cl)c2c(=O)n1C1CC1. The van der Waals surface area contributed by atoms with Crippen LogP contribution in [0.25, 0.3) is 21.9 Å². The monoisotopic (exact) mass is 380 g/mol. The second kappa shape index (κ2) is 6.06. The number of rotatable bonds is 4. The Labute approximate surface area is 159 Å². The van der Waals surface area contributed by atoms with Gasteiger partial charge in [-0.2, -0.15) is 0 Å². The summed E-state index contributed by atoms with van der Waals surface area (Å²) in [7, 11) is 0. The first-order valence-electron chi connectivity index (χ1n) is 8.88. The Kier molecular flexibility index (Phi) is 3.65. The number of aromatic nitrogens is 5. The summed E-state index contributed by atoms with van der Waals surface area (Å²) in [6.45, 7) is 2.02. The third kappa shape index (κ3) is 2.66. The van der Waals surface area contributed by atoms with E-state index >= 15 is 0 Å². The van der Waals surface area contributed by atoms with Gasteiger partial charge in [-0.15, -0.1) is 0 Å². The first-order valence-corrected chi connectivity index (χ1v) is 9.25. The normalized spacial score (nSPS) is 15.3. The fourth-order valence-corrected chi connectivity index (χ4v) is 3.81. The van der Waals surface area contributed by atoms with Crippen molar-refractivity contribution in [3.05, 3.63) is 58.0 Å². The Morgan fingerprint density at radius 1 is 1.30 bits per heavy atom. The number of anilines is 1. The highest BCUT2D eigenvalue weighted by Gasteiger charge is 2.29. The Morgan fingerprint density at radius 2 is 2.15 bits per heavy atom. The molecule has 1 aliphatic carbocycles. The predicted molar refractivity (Wildman–Crippen MR) is 105 cm³/mol. The second-order valence-corrected chi connectivity index (χ2v) is 7.27. The van der Waals surface area contributed by atoms with Crippen LogP contribution in [0.15, 0.2) is 41.7 Å². The Bertz CT molecular complexity index is 1230. The molecule has 3 aromatic heterocycles. The van der Waals surface area contributed by atoms with Crippen LogP contribution < -0.4 is 10.9 Å². The number of benzene rings is 1. The number of hydrogen-bond donors (Lipinski definition) is 2. The maximum Gasteiger partial charge on any atom is 0.260 e. The summed E-state index contributed by atoms with van der Waals surface area (Å²) in [5, 5.41) is 5.31. The van der Waals surface area contributed by atoms with Gasteiger partial charge in [-0.1, -0.05) is 23.7 Å². The zero-order chi connectivity index (χ0) is 18.5. The molecule has 7 nitrogen and oxygen atoms in total. The van der Waals surface area contributed by atoms with Gasteiger partial charge < -0.3 is 14.9 Å². The van der Waals surface area contributed by atoms with Crippen molar-refractivity contribution in [1.82, 2.24) is 24.5 Å². The molecule has 0 spiro atoms. The van der Waals surface area contributed by atoms with E-state index in [1.54, 1.807) is 12.4 Å². The summed E-state index contributed by atoms with van der Waals surface area (Å²) in [6.07, 6.45) is 5.09. The van der Waals surface area contributed by atoms with E-state index in [1.165, 1.54) is 6.33 Å². The molecule has 1 fully saturated rings. The number of nitrogens with zero attached hydrogens (tertiary/aromatic N) is 4. The van der Waals surface area contributed by atoms with Crippen molar-refractivity contribution in [3.8, 4) is 0 Å². The third-order valence-electron chi connectivity index (χ3n) is 4.99. The quantitative estimate of drug-likeness (QED) is 0.561. The molecule has 0 aliphatic heterocycles. The first kappa shape index (κ1) is 16.3. The Morgan fingerprint density at radius 3 is 2.96 bits per heavy atom. The molecule has 27 heavy (non-hydrogen) atoms. The molecule has 0 unspecified atom stereocenters. The summed E-state index contributed by atoms with van der Waals surface area (Å²) in [4.78, 5) is 28.9. The van der Waals surface area contributed by atoms with E-state index in [4.69, 9.17) is 11.6 Å². The predicted octanol–water partition coefficient (Wildman–Crippen LogP) is 3.83. The first-order chi connectivity index (χ1) is 13.1. The minimum absolute atomic E-state index is 0.0307. The fourth-order valence-electron chi connectivity index (χ4n) is 3.55. The average Bonchev–Trinajstić information content (AvgIpc) is 3.37. The molecule has 0 radical (unpaired) electrons. The minimum Gasteiger partial charge on any atom is -0.360 e. The van der Waals surface area contributed by atoms with Crippen molar-refractivity contribution in [2.45, 2.75) is 31.8 Å². The van der Waals surface area contributed by atoms with Gasteiger partial charge in [-0.05, 0) is 37.3 Å². The van der Waals surface area contributed by atoms with E-state index in [1.807, 2.05) is 29.7 Å². The molecule has 1 aromatic carbocycles. The summed E-state index contributed by atoms with van der Waals surface area (Å²) in [6, 6.07) is 7.68. The smallest absolute Gasteiger partial charge is 0.260 e. The molecule has 2 N–H and O–H groups in total. The topological polar surface area (TPSA) is 88.5 Å². The lowest BCUT2D eigenvalue weighted by molar-refractivity contribution is 0.636. The van der Waals surface area contributed by atoms with E-state index in [9.17, 15) is 4.79 Å². The molecule has 0 bridgehead atoms. The van der Waals surface area contributed by atoms with Crippen molar-refractivity contribution in [3.63, 3.8) is 0 Å². The number of aromatic amines is 1. The van der Waals surface area contributed by atoms with Gasteiger partial charge >= 0.3 is 0 Å². The minimum atomic E-state index is -0.142. The highest BCUT2D eigenvalue weighted by atomic mass is 35.5. The van der Waals surface area contributed by atoms with Gasteiger partial charge in [-0.3, -0.25) is 4.79 Å². The number of H-pyrrole nitrogens is 1. The van der Waals surface area contributed by atoms with Crippen LogP contribution in [0.2, 0.25) is 5.02 Å². The van der Waals surface area contributed by atoms with Gasteiger partial charge in [-0.25, -0.2) is 15.0 Å². The van der Waals surface area contributed by atoms with Crippen molar-refractivity contribution in [2.75, 3.05) is 5.32 Å². The number of fused-ring (bicyclic) bond motifs is 2. The summed E-state index contributed by atoms with van der Waals surface area (Å²) in [5.41, 5.74) is 2.23. The van der Waals surface area contributed by atoms with Crippen molar-refractivity contribution in [1.29, 1.82) is 0 Å². The van der Waals surface area contributed by atoms with Crippen LogP contribution in [0, 0.1) is 0 Å².